The van der Waals surface area contributed by atoms with Crippen LogP contribution in [0.4, 0.5) is 0 Å². The average molecular weight is 364 g/mol. The molecule has 27 heavy (non-hydrogen) atoms. The van der Waals surface area contributed by atoms with Gasteiger partial charge in [0.05, 0.1) is 19.0 Å². The van der Waals surface area contributed by atoms with Gasteiger partial charge in [-0.05, 0) is 17.9 Å². The van der Waals surface area contributed by atoms with Crippen LogP contribution in [0, 0.1) is 0 Å². The summed E-state index contributed by atoms with van der Waals surface area (Å²) in [4.78, 5) is 13.0. The van der Waals surface area contributed by atoms with Crippen LogP contribution in [-0.4, -0.2) is 37.3 Å². The minimum atomic E-state index is -0.212. The van der Waals surface area contributed by atoms with E-state index in [0.717, 1.165) is 17.2 Å². The van der Waals surface area contributed by atoms with Crippen molar-refractivity contribution in [1.82, 2.24) is 19.5 Å². The van der Waals surface area contributed by atoms with Crippen LogP contribution in [0.2, 0.25) is 0 Å². The summed E-state index contributed by atoms with van der Waals surface area (Å²) < 4.78 is 13.5. The summed E-state index contributed by atoms with van der Waals surface area (Å²) in [6.45, 7) is 2.19. The van der Waals surface area contributed by atoms with Crippen molar-refractivity contribution in [3.8, 4) is 11.6 Å². The first kappa shape index (κ1) is 17.4. The zero-order chi connectivity index (χ0) is 18.6. The summed E-state index contributed by atoms with van der Waals surface area (Å²) in [5.74, 6) is 1.11. The van der Waals surface area contributed by atoms with Crippen molar-refractivity contribution < 1.29 is 14.6 Å². The maximum absolute atomic E-state index is 9.27. The van der Waals surface area contributed by atoms with Gasteiger partial charge in [0.2, 0.25) is 0 Å². The van der Waals surface area contributed by atoms with E-state index in [-0.39, 0.29) is 19.4 Å². The Kier molecular flexibility index (Phi) is 4.95. The Balaban J connectivity index is 1.65. The molecule has 0 saturated heterocycles. The molecule has 0 spiro atoms. The lowest BCUT2D eigenvalue weighted by Crippen LogP contribution is -2.18. The summed E-state index contributed by atoms with van der Waals surface area (Å²) in [5.41, 5.74) is 1.18. The van der Waals surface area contributed by atoms with Crippen molar-refractivity contribution in [3.63, 3.8) is 0 Å². The molecule has 0 amide bonds. The molecule has 0 radical (unpaired) electrons. The molecule has 138 valence electrons. The van der Waals surface area contributed by atoms with E-state index < -0.39 is 0 Å². The molecule has 2 heterocycles. The van der Waals surface area contributed by atoms with Gasteiger partial charge in [-0.3, -0.25) is 4.57 Å². The highest BCUT2D eigenvalue weighted by Crippen LogP contribution is 2.31. The predicted octanol–water partition coefficient (Wildman–Crippen LogP) is 3.52. The average Bonchev–Trinajstić information content (AvgIpc) is 3.13. The number of benzene rings is 2. The number of ether oxygens (including phenoxy) is 2. The third-order valence-electron chi connectivity index (χ3n) is 4.43. The van der Waals surface area contributed by atoms with Crippen LogP contribution < -0.4 is 4.74 Å². The fourth-order valence-corrected chi connectivity index (χ4v) is 2.90. The molecule has 4 aromatic rings. The lowest BCUT2D eigenvalue weighted by Gasteiger charge is -2.13. The van der Waals surface area contributed by atoms with Gasteiger partial charge in [0, 0.05) is 5.39 Å². The van der Waals surface area contributed by atoms with Crippen LogP contribution in [0.1, 0.15) is 13.3 Å². The van der Waals surface area contributed by atoms with Crippen molar-refractivity contribution in [1.29, 1.82) is 0 Å². The first-order chi connectivity index (χ1) is 13.3. The summed E-state index contributed by atoms with van der Waals surface area (Å²) in [5, 5.41) is 11.4. The molecule has 7 heteroatoms. The number of hydrogen-bond acceptors (Lipinski definition) is 6. The summed E-state index contributed by atoms with van der Waals surface area (Å²) >= 11 is 0. The number of aliphatic hydroxyl groups is 1. The number of imidazole rings is 1. The van der Waals surface area contributed by atoms with Crippen molar-refractivity contribution >= 4 is 21.9 Å². The van der Waals surface area contributed by atoms with Crippen molar-refractivity contribution in [2.75, 3.05) is 6.61 Å². The topological polar surface area (TPSA) is 82.3 Å². The van der Waals surface area contributed by atoms with E-state index in [4.69, 9.17) is 9.47 Å². The van der Waals surface area contributed by atoms with Gasteiger partial charge in [-0.1, -0.05) is 43.3 Å². The Morgan fingerprint density at radius 3 is 2.78 bits per heavy atom. The Bertz CT molecular complexity index is 1050. The molecule has 7 nitrogen and oxygen atoms in total. The Hall–Kier alpha value is -3.03. The lowest BCUT2D eigenvalue weighted by atomic mass is 10.1. The highest BCUT2D eigenvalue weighted by Gasteiger charge is 2.14. The van der Waals surface area contributed by atoms with E-state index in [1.54, 1.807) is 10.9 Å². The Morgan fingerprint density at radius 1 is 1.07 bits per heavy atom. The second-order valence-electron chi connectivity index (χ2n) is 6.15. The molecular formula is C20H20N4O3. The Labute approximate surface area is 156 Å². The first-order valence-corrected chi connectivity index (χ1v) is 8.84. The van der Waals surface area contributed by atoms with E-state index in [0.29, 0.717) is 22.8 Å². The van der Waals surface area contributed by atoms with Crippen LogP contribution in [0.3, 0.4) is 0 Å². The summed E-state index contributed by atoms with van der Waals surface area (Å²) in [6.07, 6.45) is 3.60. The van der Waals surface area contributed by atoms with Gasteiger partial charge >= 0.3 is 0 Å². The van der Waals surface area contributed by atoms with Crippen molar-refractivity contribution in [2.24, 2.45) is 0 Å². The minimum Gasteiger partial charge on any atom is -0.436 e. The van der Waals surface area contributed by atoms with Crippen molar-refractivity contribution in [3.05, 3.63) is 55.1 Å². The second-order valence-corrected chi connectivity index (χ2v) is 6.15. The predicted molar refractivity (Wildman–Crippen MR) is 102 cm³/mol. The quantitative estimate of drug-likeness (QED) is 0.540. The third-order valence-corrected chi connectivity index (χ3v) is 4.43. The number of aromatic nitrogens is 4. The molecule has 2 aromatic carbocycles. The molecule has 0 bridgehead atoms. The molecule has 1 atom stereocenters. The molecule has 0 fully saturated rings. The molecular weight excluding hydrogens is 344 g/mol. The SMILES string of the molecule is CC[C@@H](CO)OCn1cnc2c(Oc3cccc4ccccc34)ncnc21. The summed E-state index contributed by atoms with van der Waals surface area (Å²) in [7, 11) is 0. The van der Waals surface area contributed by atoms with E-state index in [1.807, 2.05) is 49.4 Å². The zero-order valence-corrected chi connectivity index (χ0v) is 14.9. The van der Waals surface area contributed by atoms with Crippen LogP contribution in [0.5, 0.6) is 11.6 Å². The van der Waals surface area contributed by atoms with E-state index >= 15 is 0 Å². The first-order valence-electron chi connectivity index (χ1n) is 8.84. The number of hydrogen-bond donors (Lipinski definition) is 1. The molecule has 0 aliphatic carbocycles. The van der Waals surface area contributed by atoms with Gasteiger partial charge in [0.25, 0.3) is 5.88 Å². The second kappa shape index (κ2) is 7.69. The van der Waals surface area contributed by atoms with Crippen molar-refractivity contribution in [2.45, 2.75) is 26.2 Å². The maximum atomic E-state index is 9.27. The zero-order valence-electron chi connectivity index (χ0n) is 14.9. The molecule has 0 aliphatic heterocycles. The van der Waals surface area contributed by atoms with Crippen LogP contribution in [0.25, 0.3) is 21.9 Å². The van der Waals surface area contributed by atoms with Gasteiger partial charge in [0.15, 0.2) is 11.2 Å². The molecule has 0 aliphatic rings. The van der Waals surface area contributed by atoms with Gasteiger partial charge in [-0.2, -0.15) is 4.98 Å². The number of fused-ring (bicyclic) bond motifs is 2. The minimum absolute atomic E-state index is 0.0203. The summed E-state index contributed by atoms with van der Waals surface area (Å²) in [6, 6.07) is 13.9. The molecule has 0 saturated carbocycles. The molecule has 2 aromatic heterocycles. The normalized spacial score (nSPS) is 12.5. The van der Waals surface area contributed by atoms with Gasteiger partial charge < -0.3 is 14.6 Å². The van der Waals surface area contributed by atoms with Gasteiger partial charge in [-0.15, -0.1) is 0 Å². The van der Waals surface area contributed by atoms with E-state index in [2.05, 4.69) is 15.0 Å². The standard InChI is InChI=1S/C20H20N4O3/c1-2-15(10-25)26-13-24-12-23-18-19(24)21-11-22-20(18)27-17-9-5-7-14-6-3-4-8-16(14)17/h3-9,11-12,15,25H,2,10,13H2,1H3/t15-/m0/s1. The third kappa shape index (κ3) is 3.47. The number of nitrogens with zero attached hydrogens (tertiary/aromatic N) is 4. The van der Waals surface area contributed by atoms with Crippen LogP contribution in [-0.2, 0) is 11.5 Å². The number of aliphatic hydroxyl groups excluding tert-OH is 1. The fourth-order valence-electron chi connectivity index (χ4n) is 2.90. The lowest BCUT2D eigenvalue weighted by molar-refractivity contribution is -0.0238. The molecule has 4 rings (SSSR count). The van der Waals surface area contributed by atoms with E-state index in [1.165, 1.54) is 6.33 Å². The van der Waals surface area contributed by atoms with Gasteiger partial charge in [-0.25, -0.2) is 9.97 Å². The largest absolute Gasteiger partial charge is 0.436 e. The van der Waals surface area contributed by atoms with Gasteiger partial charge in [0.1, 0.15) is 18.8 Å². The molecule has 0 unspecified atom stereocenters. The molecule has 1 N–H and O–H groups in total. The van der Waals surface area contributed by atoms with Crippen LogP contribution in [0.15, 0.2) is 55.1 Å². The Morgan fingerprint density at radius 2 is 1.93 bits per heavy atom. The highest BCUT2D eigenvalue weighted by molar-refractivity contribution is 5.89. The van der Waals surface area contributed by atoms with Crippen LogP contribution >= 0.6 is 0 Å². The maximum Gasteiger partial charge on any atom is 0.250 e. The smallest absolute Gasteiger partial charge is 0.250 e. The monoisotopic (exact) mass is 364 g/mol. The highest BCUT2D eigenvalue weighted by atomic mass is 16.5. The van der Waals surface area contributed by atoms with E-state index in [9.17, 15) is 5.11 Å². The number of rotatable bonds is 7. The fraction of sp³-hybridized carbons (Fsp3) is 0.250.